The minimum absolute atomic E-state index is 0.0454. The molecule has 2 nitrogen and oxygen atoms in total. The fraction of sp³-hybridized carbons (Fsp3) is 0.136. The van der Waals surface area contributed by atoms with Crippen LogP contribution in [0.5, 0.6) is 0 Å². The lowest BCUT2D eigenvalue weighted by Crippen LogP contribution is -2.33. The molecule has 4 rings (SSSR count). The molecule has 0 bridgehead atoms. The molecule has 1 fully saturated rings. The summed E-state index contributed by atoms with van der Waals surface area (Å²) in [7, 11) is 0. The fourth-order valence-corrected chi connectivity index (χ4v) is 3.70. The molecular weight excluding hydrogens is 296 g/mol. The molecule has 0 N–H and O–H groups in total. The molecule has 1 atom stereocenters. The lowest BCUT2D eigenvalue weighted by atomic mass is 9.73. The van der Waals surface area contributed by atoms with Crippen molar-refractivity contribution in [1.82, 2.24) is 0 Å². The van der Waals surface area contributed by atoms with Crippen molar-refractivity contribution in [3.8, 4) is 0 Å². The molecule has 1 saturated heterocycles. The second kappa shape index (κ2) is 5.97. The Morgan fingerprint density at radius 1 is 0.708 bits per heavy atom. The van der Waals surface area contributed by atoms with E-state index in [2.05, 4.69) is 12.1 Å². The van der Waals surface area contributed by atoms with Crippen LogP contribution < -0.4 is 0 Å². The molecule has 3 aromatic rings. The van der Waals surface area contributed by atoms with Gasteiger partial charge in [0.05, 0.1) is 6.42 Å². The van der Waals surface area contributed by atoms with Crippen molar-refractivity contribution >= 4 is 5.97 Å². The van der Waals surface area contributed by atoms with E-state index in [4.69, 9.17) is 4.74 Å². The van der Waals surface area contributed by atoms with E-state index in [-0.39, 0.29) is 11.9 Å². The molecule has 1 unspecified atom stereocenters. The summed E-state index contributed by atoms with van der Waals surface area (Å²) in [6.45, 7) is 0. The summed E-state index contributed by atoms with van der Waals surface area (Å²) < 4.78 is 6.05. The van der Waals surface area contributed by atoms with E-state index >= 15 is 0 Å². The van der Waals surface area contributed by atoms with Gasteiger partial charge in [-0.1, -0.05) is 91.0 Å². The van der Waals surface area contributed by atoms with Gasteiger partial charge in [0.2, 0.25) is 0 Å². The van der Waals surface area contributed by atoms with Crippen molar-refractivity contribution in [1.29, 1.82) is 0 Å². The zero-order valence-electron chi connectivity index (χ0n) is 13.3. The van der Waals surface area contributed by atoms with E-state index < -0.39 is 5.60 Å². The summed E-state index contributed by atoms with van der Waals surface area (Å²) >= 11 is 0. The van der Waals surface area contributed by atoms with E-state index in [9.17, 15) is 4.79 Å². The zero-order chi connectivity index (χ0) is 16.4. The monoisotopic (exact) mass is 314 g/mol. The van der Waals surface area contributed by atoms with Gasteiger partial charge in [0, 0.05) is 17.0 Å². The highest BCUT2D eigenvalue weighted by molar-refractivity contribution is 5.76. The molecular formula is C22H18O2. The van der Waals surface area contributed by atoms with Gasteiger partial charge in [0.1, 0.15) is 0 Å². The van der Waals surface area contributed by atoms with Crippen LogP contribution in [0.25, 0.3) is 0 Å². The third kappa shape index (κ3) is 2.31. The molecule has 3 aromatic carbocycles. The first-order valence-corrected chi connectivity index (χ1v) is 8.18. The molecule has 24 heavy (non-hydrogen) atoms. The Bertz CT molecular complexity index is 786. The van der Waals surface area contributed by atoms with Gasteiger partial charge in [-0.3, -0.25) is 4.79 Å². The topological polar surface area (TPSA) is 26.3 Å². The standard InChI is InChI=1S/C22H18O2/c23-21-16-20(17-10-4-1-5-11-17)22(24-21,18-12-6-2-7-13-18)19-14-8-3-9-15-19/h1-15,20H,16H2. The maximum atomic E-state index is 12.4. The molecule has 1 aliphatic heterocycles. The number of rotatable bonds is 3. The van der Waals surface area contributed by atoms with Gasteiger partial charge in [-0.05, 0) is 5.56 Å². The second-order valence-corrected chi connectivity index (χ2v) is 6.11. The Kier molecular flexibility index (Phi) is 3.66. The molecule has 0 radical (unpaired) electrons. The van der Waals surface area contributed by atoms with Crippen molar-refractivity contribution in [2.45, 2.75) is 17.9 Å². The van der Waals surface area contributed by atoms with E-state index in [1.807, 2.05) is 78.9 Å². The third-order valence-electron chi connectivity index (χ3n) is 4.74. The molecule has 118 valence electrons. The smallest absolute Gasteiger partial charge is 0.307 e. The minimum atomic E-state index is -0.777. The molecule has 1 heterocycles. The SMILES string of the molecule is O=C1CC(c2ccccc2)C(c2ccccc2)(c2ccccc2)O1. The Morgan fingerprint density at radius 2 is 1.17 bits per heavy atom. The molecule has 0 aromatic heterocycles. The maximum Gasteiger partial charge on any atom is 0.307 e. The van der Waals surface area contributed by atoms with Gasteiger partial charge < -0.3 is 4.74 Å². The average molecular weight is 314 g/mol. The van der Waals surface area contributed by atoms with Crippen LogP contribution in [-0.2, 0) is 15.1 Å². The number of esters is 1. The highest BCUT2D eigenvalue weighted by Crippen LogP contribution is 2.51. The summed E-state index contributed by atoms with van der Waals surface area (Å²) in [6.07, 6.45) is 0.383. The molecule has 0 saturated carbocycles. The fourth-order valence-electron chi connectivity index (χ4n) is 3.70. The number of ether oxygens (including phenoxy) is 1. The largest absolute Gasteiger partial charge is 0.449 e. The van der Waals surface area contributed by atoms with E-state index in [0.29, 0.717) is 6.42 Å². The normalized spacial score (nSPS) is 19.0. The van der Waals surface area contributed by atoms with Crippen molar-refractivity contribution in [3.05, 3.63) is 108 Å². The Hall–Kier alpha value is -2.87. The van der Waals surface area contributed by atoms with Crippen LogP contribution >= 0.6 is 0 Å². The zero-order valence-corrected chi connectivity index (χ0v) is 13.3. The summed E-state index contributed by atoms with van der Waals surface area (Å²) in [5, 5.41) is 0. The molecule has 0 aliphatic carbocycles. The lowest BCUT2D eigenvalue weighted by molar-refractivity contribution is -0.146. The average Bonchev–Trinajstić information content (AvgIpc) is 3.02. The van der Waals surface area contributed by atoms with E-state index in [1.54, 1.807) is 0 Å². The summed E-state index contributed by atoms with van der Waals surface area (Å²) in [5.41, 5.74) is 2.36. The lowest BCUT2D eigenvalue weighted by Gasteiger charge is -2.35. The maximum absolute atomic E-state index is 12.4. The molecule has 1 aliphatic rings. The predicted octanol–water partition coefficient (Wildman–Crippen LogP) is 4.66. The van der Waals surface area contributed by atoms with Crippen LogP contribution in [0, 0.1) is 0 Å². The summed E-state index contributed by atoms with van der Waals surface area (Å²) in [4.78, 5) is 12.4. The van der Waals surface area contributed by atoms with Gasteiger partial charge in [0.15, 0.2) is 5.60 Å². The number of benzene rings is 3. The van der Waals surface area contributed by atoms with Crippen molar-refractivity contribution in [2.75, 3.05) is 0 Å². The molecule has 0 amide bonds. The number of hydrogen-bond donors (Lipinski definition) is 0. The predicted molar refractivity (Wildman–Crippen MR) is 93.6 cm³/mol. The highest BCUT2D eigenvalue weighted by atomic mass is 16.6. The summed E-state index contributed by atoms with van der Waals surface area (Å²) in [6, 6.07) is 30.3. The first-order valence-electron chi connectivity index (χ1n) is 8.18. The number of hydrogen-bond acceptors (Lipinski definition) is 2. The van der Waals surface area contributed by atoms with Gasteiger partial charge in [0.25, 0.3) is 0 Å². The van der Waals surface area contributed by atoms with Crippen molar-refractivity contribution in [2.24, 2.45) is 0 Å². The van der Waals surface area contributed by atoms with Crippen LogP contribution in [0.2, 0.25) is 0 Å². The number of carbonyl (C=O) groups is 1. The first kappa shape index (κ1) is 14.7. The van der Waals surface area contributed by atoms with E-state index in [1.165, 1.54) is 0 Å². The van der Waals surface area contributed by atoms with Gasteiger partial charge in [-0.2, -0.15) is 0 Å². The van der Waals surface area contributed by atoms with Gasteiger partial charge in [-0.25, -0.2) is 0 Å². The van der Waals surface area contributed by atoms with E-state index in [0.717, 1.165) is 16.7 Å². The summed E-state index contributed by atoms with van der Waals surface area (Å²) in [5.74, 6) is -0.201. The number of cyclic esters (lactones) is 1. The van der Waals surface area contributed by atoms with Gasteiger partial charge >= 0.3 is 5.97 Å². The van der Waals surface area contributed by atoms with Crippen LogP contribution in [0.4, 0.5) is 0 Å². The Morgan fingerprint density at radius 3 is 1.67 bits per heavy atom. The minimum Gasteiger partial charge on any atom is -0.449 e. The van der Waals surface area contributed by atoms with Crippen LogP contribution in [-0.4, -0.2) is 5.97 Å². The molecule has 0 spiro atoms. The van der Waals surface area contributed by atoms with Gasteiger partial charge in [-0.15, -0.1) is 0 Å². The Balaban J connectivity index is 1.97. The van der Waals surface area contributed by atoms with Crippen molar-refractivity contribution in [3.63, 3.8) is 0 Å². The van der Waals surface area contributed by atoms with Crippen LogP contribution in [0.3, 0.4) is 0 Å². The van der Waals surface area contributed by atoms with Crippen LogP contribution in [0.15, 0.2) is 91.0 Å². The van der Waals surface area contributed by atoms with Crippen LogP contribution in [0.1, 0.15) is 29.0 Å². The first-order chi connectivity index (χ1) is 11.8. The second-order valence-electron chi connectivity index (χ2n) is 6.11. The Labute approximate surface area is 141 Å². The van der Waals surface area contributed by atoms with Crippen molar-refractivity contribution < 1.29 is 9.53 Å². The molecule has 2 heteroatoms. The quantitative estimate of drug-likeness (QED) is 0.657. The highest BCUT2D eigenvalue weighted by Gasteiger charge is 2.52. The third-order valence-corrected chi connectivity index (χ3v) is 4.74. The number of carbonyl (C=O) groups excluding carboxylic acids is 1.